The summed E-state index contributed by atoms with van der Waals surface area (Å²) in [6, 6.07) is 7.09. The zero-order valence-electron chi connectivity index (χ0n) is 9.98. The number of nitrogens with zero attached hydrogens (tertiary/aromatic N) is 3. The minimum absolute atomic E-state index is 0.0153. The van der Waals surface area contributed by atoms with Gasteiger partial charge in [-0.25, -0.2) is 0 Å². The van der Waals surface area contributed by atoms with Crippen LogP contribution in [0, 0.1) is 0 Å². The second-order valence-corrected chi connectivity index (χ2v) is 3.93. The van der Waals surface area contributed by atoms with Crippen LogP contribution in [0.5, 0.6) is 0 Å². The summed E-state index contributed by atoms with van der Waals surface area (Å²) < 4.78 is 0. The standard InChI is InChI=1S/C12H17N3O3/c13-15-14-7-5-11(17)12(18)10-4-2-1-3-9(10)6-8-16/h1-4,11-12,16-18H,5-8H2. The third kappa shape index (κ3) is 4.01. The van der Waals surface area contributed by atoms with Crippen LogP contribution in [0.4, 0.5) is 0 Å². The van der Waals surface area contributed by atoms with Crippen LogP contribution in [0.25, 0.3) is 10.4 Å². The molecule has 6 heteroatoms. The molecule has 0 aromatic heterocycles. The molecule has 98 valence electrons. The maximum Gasteiger partial charge on any atom is 0.105 e. The maximum absolute atomic E-state index is 10.0. The number of azide groups is 1. The van der Waals surface area contributed by atoms with Crippen LogP contribution in [0.1, 0.15) is 23.7 Å². The summed E-state index contributed by atoms with van der Waals surface area (Å²) in [5, 5.41) is 32.1. The second kappa shape index (κ2) is 7.68. The predicted octanol–water partition coefficient (Wildman–Crippen LogP) is 1.32. The van der Waals surface area contributed by atoms with Crippen LogP contribution in [0.2, 0.25) is 0 Å². The van der Waals surface area contributed by atoms with Crippen LogP contribution in [0.3, 0.4) is 0 Å². The van der Waals surface area contributed by atoms with E-state index in [1.807, 2.05) is 6.07 Å². The van der Waals surface area contributed by atoms with Crippen molar-refractivity contribution in [3.8, 4) is 0 Å². The van der Waals surface area contributed by atoms with Crippen molar-refractivity contribution in [2.24, 2.45) is 5.11 Å². The van der Waals surface area contributed by atoms with Crippen molar-refractivity contribution in [2.45, 2.75) is 25.0 Å². The second-order valence-electron chi connectivity index (χ2n) is 3.93. The molecule has 1 aromatic carbocycles. The summed E-state index contributed by atoms with van der Waals surface area (Å²) in [6.07, 6.45) is -1.41. The van der Waals surface area contributed by atoms with E-state index in [0.717, 1.165) is 5.56 Å². The van der Waals surface area contributed by atoms with Crippen LogP contribution >= 0.6 is 0 Å². The fraction of sp³-hybridized carbons (Fsp3) is 0.500. The Labute approximate surface area is 105 Å². The van der Waals surface area contributed by atoms with Gasteiger partial charge in [0.05, 0.1) is 6.10 Å². The van der Waals surface area contributed by atoms with Gasteiger partial charge in [-0.1, -0.05) is 29.4 Å². The molecule has 2 atom stereocenters. The van der Waals surface area contributed by atoms with Crippen molar-refractivity contribution in [2.75, 3.05) is 13.2 Å². The zero-order valence-corrected chi connectivity index (χ0v) is 9.98. The third-order valence-corrected chi connectivity index (χ3v) is 2.71. The molecule has 1 rings (SSSR count). The smallest absolute Gasteiger partial charge is 0.105 e. The first-order valence-electron chi connectivity index (χ1n) is 5.76. The molecule has 0 amide bonds. The van der Waals surface area contributed by atoms with Crippen molar-refractivity contribution >= 4 is 0 Å². The summed E-state index contributed by atoms with van der Waals surface area (Å²) in [5.41, 5.74) is 9.53. The highest BCUT2D eigenvalue weighted by molar-refractivity contribution is 5.30. The number of benzene rings is 1. The summed E-state index contributed by atoms with van der Waals surface area (Å²) in [4.78, 5) is 2.59. The van der Waals surface area contributed by atoms with E-state index < -0.39 is 12.2 Å². The van der Waals surface area contributed by atoms with E-state index >= 15 is 0 Å². The number of aliphatic hydroxyl groups is 3. The van der Waals surface area contributed by atoms with Crippen LogP contribution in [-0.4, -0.2) is 34.6 Å². The molecule has 3 N–H and O–H groups in total. The van der Waals surface area contributed by atoms with Gasteiger partial charge >= 0.3 is 0 Å². The van der Waals surface area contributed by atoms with Gasteiger partial charge in [0.1, 0.15) is 6.10 Å². The largest absolute Gasteiger partial charge is 0.396 e. The number of hydrogen-bond acceptors (Lipinski definition) is 4. The lowest BCUT2D eigenvalue weighted by Crippen LogP contribution is -2.20. The Morgan fingerprint density at radius 3 is 2.67 bits per heavy atom. The fourth-order valence-corrected chi connectivity index (χ4v) is 1.77. The highest BCUT2D eigenvalue weighted by Crippen LogP contribution is 2.23. The molecule has 1 aromatic rings. The molecule has 0 spiro atoms. The molecule has 0 bridgehead atoms. The molecular weight excluding hydrogens is 234 g/mol. The monoisotopic (exact) mass is 251 g/mol. The Balaban J connectivity index is 2.75. The minimum atomic E-state index is -1.04. The quantitative estimate of drug-likeness (QED) is 0.386. The van der Waals surface area contributed by atoms with E-state index in [1.54, 1.807) is 18.2 Å². The Morgan fingerprint density at radius 1 is 1.28 bits per heavy atom. The van der Waals surface area contributed by atoms with Gasteiger partial charge in [0.25, 0.3) is 0 Å². The van der Waals surface area contributed by atoms with Crippen molar-refractivity contribution in [3.05, 3.63) is 45.8 Å². The molecule has 18 heavy (non-hydrogen) atoms. The molecule has 0 fully saturated rings. The van der Waals surface area contributed by atoms with E-state index in [1.165, 1.54) is 0 Å². The van der Waals surface area contributed by atoms with Crippen LogP contribution in [-0.2, 0) is 6.42 Å². The highest BCUT2D eigenvalue weighted by atomic mass is 16.3. The fourth-order valence-electron chi connectivity index (χ4n) is 1.77. The van der Waals surface area contributed by atoms with Gasteiger partial charge in [0, 0.05) is 18.1 Å². The van der Waals surface area contributed by atoms with Gasteiger partial charge in [0.15, 0.2) is 0 Å². The van der Waals surface area contributed by atoms with Crippen molar-refractivity contribution in [3.63, 3.8) is 0 Å². The SMILES string of the molecule is [N-]=[N+]=NCCC(O)C(O)c1ccccc1CCO. The van der Waals surface area contributed by atoms with E-state index in [4.69, 9.17) is 10.6 Å². The normalized spacial score (nSPS) is 13.7. The van der Waals surface area contributed by atoms with Gasteiger partial charge < -0.3 is 15.3 Å². The summed E-state index contributed by atoms with van der Waals surface area (Å²) in [7, 11) is 0. The lowest BCUT2D eigenvalue weighted by atomic mass is 9.95. The Hall–Kier alpha value is -1.59. The molecule has 2 unspecified atom stereocenters. The molecule has 0 saturated carbocycles. The van der Waals surface area contributed by atoms with Crippen molar-refractivity contribution in [1.29, 1.82) is 0 Å². The van der Waals surface area contributed by atoms with E-state index in [-0.39, 0.29) is 19.6 Å². The average Bonchev–Trinajstić information content (AvgIpc) is 2.39. The molecule has 6 nitrogen and oxygen atoms in total. The molecule has 0 aliphatic carbocycles. The number of rotatable bonds is 7. The third-order valence-electron chi connectivity index (χ3n) is 2.71. The predicted molar refractivity (Wildman–Crippen MR) is 66.8 cm³/mol. The molecule has 0 radical (unpaired) electrons. The molecule has 0 saturated heterocycles. The average molecular weight is 251 g/mol. The highest BCUT2D eigenvalue weighted by Gasteiger charge is 2.19. The van der Waals surface area contributed by atoms with Crippen LogP contribution < -0.4 is 0 Å². The lowest BCUT2D eigenvalue weighted by molar-refractivity contribution is 0.0144. The summed E-state index contributed by atoms with van der Waals surface area (Å²) in [5.74, 6) is 0. The molecule has 0 aliphatic rings. The molecule has 0 heterocycles. The van der Waals surface area contributed by atoms with E-state index in [2.05, 4.69) is 10.0 Å². The topological polar surface area (TPSA) is 109 Å². The van der Waals surface area contributed by atoms with Gasteiger partial charge in [-0.05, 0) is 29.5 Å². The Morgan fingerprint density at radius 2 is 2.00 bits per heavy atom. The summed E-state index contributed by atoms with van der Waals surface area (Å²) in [6.45, 7) is 0.120. The van der Waals surface area contributed by atoms with E-state index in [9.17, 15) is 10.2 Å². The van der Waals surface area contributed by atoms with Crippen molar-refractivity contribution < 1.29 is 15.3 Å². The number of aliphatic hydroxyl groups excluding tert-OH is 3. The lowest BCUT2D eigenvalue weighted by Gasteiger charge is -2.20. The minimum Gasteiger partial charge on any atom is -0.396 e. The molecular formula is C12H17N3O3. The van der Waals surface area contributed by atoms with Gasteiger partial charge in [-0.15, -0.1) is 0 Å². The first kappa shape index (κ1) is 14.5. The first-order valence-corrected chi connectivity index (χ1v) is 5.76. The maximum atomic E-state index is 10.0. The Bertz CT molecular complexity index is 419. The zero-order chi connectivity index (χ0) is 13.4. The first-order chi connectivity index (χ1) is 8.70. The van der Waals surface area contributed by atoms with Crippen molar-refractivity contribution in [1.82, 2.24) is 0 Å². The van der Waals surface area contributed by atoms with Gasteiger partial charge in [-0.3, -0.25) is 0 Å². The molecule has 0 aliphatic heterocycles. The van der Waals surface area contributed by atoms with Gasteiger partial charge in [-0.2, -0.15) is 0 Å². The Kier molecular flexibility index (Phi) is 6.18. The number of hydrogen-bond donors (Lipinski definition) is 3. The van der Waals surface area contributed by atoms with Gasteiger partial charge in [0.2, 0.25) is 0 Å². The van der Waals surface area contributed by atoms with Crippen LogP contribution in [0.15, 0.2) is 29.4 Å². The van der Waals surface area contributed by atoms with E-state index in [0.29, 0.717) is 12.0 Å². The summed E-state index contributed by atoms with van der Waals surface area (Å²) >= 11 is 0.